The molecular formula is C12H17FN2O. The highest BCUT2D eigenvalue weighted by atomic mass is 19.1. The van der Waals surface area contributed by atoms with Crippen LogP contribution < -0.4 is 11.1 Å². The van der Waals surface area contributed by atoms with E-state index in [1.165, 1.54) is 18.9 Å². The van der Waals surface area contributed by atoms with E-state index in [4.69, 9.17) is 10.5 Å². The lowest BCUT2D eigenvalue weighted by Crippen LogP contribution is -2.12. The van der Waals surface area contributed by atoms with Crippen molar-refractivity contribution in [1.82, 2.24) is 0 Å². The Morgan fingerprint density at radius 2 is 2.25 bits per heavy atom. The summed E-state index contributed by atoms with van der Waals surface area (Å²) in [6, 6.07) is 4.75. The van der Waals surface area contributed by atoms with Crippen LogP contribution in [0.2, 0.25) is 0 Å². The van der Waals surface area contributed by atoms with Crippen LogP contribution in [0.5, 0.6) is 0 Å². The molecule has 16 heavy (non-hydrogen) atoms. The first kappa shape index (κ1) is 11.2. The van der Waals surface area contributed by atoms with Crippen LogP contribution >= 0.6 is 0 Å². The van der Waals surface area contributed by atoms with E-state index in [2.05, 4.69) is 5.32 Å². The number of benzene rings is 1. The Hall–Kier alpha value is -1.29. The largest absolute Gasteiger partial charge is 0.395 e. The minimum Gasteiger partial charge on any atom is -0.395 e. The van der Waals surface area contributed by atoms with Gasteiger partial charge >= 0.3 is 0 Å². The van der Waals surface area contributed by atoms with Crippen LogP contribution in [0.3, 0.4) is 0 Å². The quantitative estimate of drug-likeness (QED) is 0.575. The SMILES string of the molecule is Nc1c(F)cccc1NCCOCC1CC1. The molecule has 0 radical (unpaired) electrons. The summed E-state index contributed by atoms with van der Waals surface area (Å²) >= 11 is 0. The Balaban J connectivity index is 1.69. The number of rotatable bonds is 6. The number of hydrogen-bond donors (Lipinski definition) is 2. The van der Waals surface area contributed by atoms with Gasteiger partial charge in [0.25, 0.3) is 0 Å². The molecule has 0 atom stereocenters. The van der Waals surface area contributed by atoms with Gasteiger partial charge in [0.2, 0.25) is 0 Å². The summed E-state index contributed by atoms with van der Waals surface area (Å²) in [5, 5.41) is 3.06. The predicted molar refractivity (Wildman–Crippen MR) is 62.8 cm³/mol. The highest BCUT2D eigenvalue weighted by molar-refractivity contribution is 5.66. The van der Waals surface area contributed by atoms with Crippen molar-refractivity contribution in [3.8, 4) is 0 Å². The van der Waals surface area contributed by atoms with E-state index in [-0.39, 0.29) is 11.5 Å². The first-order valence-corrected chi connectivity index (χ1v) is 5.63. The van der Waals surface area contributed by atoms with Crippen molar-refractivity contribution in [3.63, 3.8) is 0 Å². The van der Waals surface area contributed by atoms with Crippen LogP contribution in [0, 0.1) is 11.7 Å². The number of nitrogens with two attached hydrogens (primary N) is 1. The minimum atomic E-state index is -0.385. The fourth-order valence-corrected chi connectivity index (χ4v) is 1.48. The smallest absolute Gasteiger partial charge is 0.148 e. The Morgan fingerprint density at radius 3 is 3.00 bits per heavy atom. The van der Waals surface area contributed by atoms with Gasteiger partial charge in [0, 0.05) is 13.2 Å². The molecule has 4 heteroatoms. The van der Waals surface area contributed by atoms with Crippen molar-refractivity contribution in [3.05, 3.63) is 24.0 Å². The average molecular weight is 224 g/mol. The number of halogens is 1. The molecule has 0 heterocycles. The van der Waals surface area contributed by atoms with Crippen LogP contribution in [0.1, 0.15) is 12.8 Å². The van der Waals surface area contributed by atoms with Crippen molar-refractivity contribution < 1.29 is 9.13 Å². The molecular weight excluding hydrogens is 207 g/mol. The molecule has 88 valence electrons. The molecule has 0 unspecified atom stereocenters. The first-order chi connectivity index (χ1) is 7.77. The zero-order chi connectivity index (χ0) is 11.4. The summed E-state index contributed by atoms with van der Waals surface area (Å²) in [5.41, 5.74) is 6.38. The molecule has 2 rings (SSSR count). The van der Waals surface area contributed by atoms with Crippen LogP contribution in [-0.4, -0.2) is 19.8 Å². The Labute approximate surface area is 94.8 Å². The number of ether oxygens (including phenoxy) is 1. The van der Waals surface area contributed by atoms with Crippen LogP contribution in [0.4, 0.5) is 15.8 Å². The highest BCUT2D eigenvalue weighted by Gasteiger charge is 2.20. The number of hydrogen-bond acceptors (Lipinski definition) is 3. The lowest BCUT2D eigenvalue weighted by atomic mass is 10.2. The van der Waals surface area contributed by atoms with Gasteiger partial charge in [0.05, 0.1) is 18.0 Å². The van der Waals surface area contributed by atoms with Crippen LogP contribution in [0.15, 0.2) is 18.2 Å². The second-order valence-electron chi connectivity index (χ2n) is 4.15. The Kier molecular flexibility index (Phi) is 3.62. The zero-order valence-electron chi connectivity index (χ0n) is 9.21. The van der Waals surface area contributed by atoms with E-state index in [0.29, 0.717) is 18.8 Å². The second kappa shape index (κ2) is 5.16. The minimum absolute atomic E-state index is 0.171. The van der Waals surface area contributed by atoms with Crippen molar-refractivity contribution in [2.24, 2.45) is 5.92 Å². The standard InChI is InChI=1S/C12H17FN2O/c13-10-2-1-3-11(12(10)14)15-6-7-16-8-9-4-5-9/h1-3,9,15H,4-8,14H2. The maximum atomic E-state index is 13.1. The van der Waals surface area contributed by atoms with Gasteiger partial charge in [-0.25, -0.2) is 4.39 Å². The maximum absolute atomic E-state index is 13.1. The highest BCUT2D eigenvalue weighted by Crippen LogP contribution is 2.28. The summed E-state index contributed by atoms with van der Waals surface area (Å²) in [6.07, 6.45) is 2.59. The molecule has 0 bridgehead atoms. The fraction of sp³-hybridized carbons (Fsp3) is 0.500. The molecule has 3 N–H and O–H groups in total. The lowest BCUT2D eigenvalue weighted by Gasteiger charge is -2.09. The molecule has 0 amide bonds. The van der Waals surface area contributed by atoms with Gasteiger partial charge in [-0.05, 0) is 30.9 Å². The molecule has 0 aliphatic heterocycles. The van der Waals surface area contributed by atoms with Gasteiger partial charge in [0.15, 0.2) is 0 Å². The third kappa shape index (κ3) is 3.10. The van der Waals surface area contributed by atoms with Crippen molar-refractivity contribution >= 4 is 11.4 Å². The normalized spacial score (nSPS) is 15.1. The molecule has 0 saturated heterocycles. The third-order valence-corrected chi connectivity index (χ3v) is 2.67. The number of nitrogens with one attached hydrogen (secondary N) is 1. The summed E-state index contributed by atoms with van der Waals surface area (Å²) in [7, 11) is 0. The molecule has 1 aliphatic carbocycles. The Bertz CT molecular complexity index is 353. The summed E-state index contributed by atoms with van der Waals surface area (Å²) in [6.45, 7) is 2.13. The summed E-state index contributed by atoms with van der Waals surface area (Å²) in [4.78, 5) is 0. The van der Waals surface area contributed by atoms with Crippen LogP contribution in [-0.2, 0) is 4.74 Å². The van der Waals surface area contributed by atoms with Crippen molar-refractivity contribution in [2.45, 2.75) is 12.8 Å². The molecule has 3 nitrogen and oxygen atoms in total. The number of para-hydroxylation sites is 1. The van der Waals surface area contributed by atoms with E-state index in [9.17, 15) is 4.39 Å². The molecule has 0 aromatic heterocycles. The van der Waals surface area contributed by atoms with E-state index < -0.39 is 0 Å². The van der Waals surface area contributed by atoms with E-state index >= 15 is 0 Å². The Morgan fingerprint density at radius 1 is 1.44 bits per heavy atom. The fourth-order valence-electron chi connectivity index (χ4n) is 1.48. The van der Waals surface area contributed by atoms with Crippen molar-refractivity contribution in [2.75, 3.05) is 30.8 Å². The topological polar surface area (TPSA) is 47.3 Å². The third-order valence-electron chi connectivity index (χ3n) is 2.67. The molecule has 1 aromatic rings. The van der Waals surface area contributed by atoms with Gasteiger partial charge in [-0.2, -0.15) is 0 Å². The van der Waals surface area contributed by atoms with Crippen molar-refractivity contribution in [1.29, 1.82) is 0 Å². The van der Waals surface area contributed by atoms with E-state index in [1.54, 1.807) is 12.1 Å². The summed E-state index contributed by atoms with van der Waals surface area (Å²) in [5.74, 6) is 0.392. The maximum Gasteiger partial charge on any atom is 0.148 e. The molecule has 1 aromatic carbocycles. The second-order valence-corrected chi connectivity index (χ2v) is 4.15. The summed E-state index contributed by atoms with van der Waals surface area (Å²) < 4.78 is 18.5. The molecule has 1 saturated carbocycles. The number of nitrogen functional groups attached to an aromatic ring is 1. The predicted octanol–water partition coefficient (Wildman–Crippen LogP) is 2.25. The molecule has 0 spiro atoms. The van der Waals surface area contributed by atoms with Gasteiger partial charge in [-0.1, -0.05) is 6.07 Å². The van der Waals surface area contributed by atoms with Crippen LogP contribution in [0.25, 0.3) is 0 Å². The monoisotopic (exact) mass is 224 g/mol. The van der Waals surface area contributed by atoms with Gasteiger partial charge < -0.3 is 15.8 Å². The van der Waals surface area contributed by atoms with Gasteiger partial charge in [-0.3, -0.25) is 0 Å². The average Bonchev–Trinajstić information content (AvgIpc) is 3.07. The van der Waals surface area contributed by atoms with Gasteiger partial charge in [-0.15, -0.1) is 0 Å². The molecule has 1 fully saturated rings. The van der Waals surface area contributed by atoms with E-state index in [0.717, 1.165) is 12.5 Å². The van der Waals surface area contributed by atoms with E-state index in [1.807, 2.05) is 0 Å². The number of anilines is 2. The lowest BCUT2D eigenvalue weighted by molar-refractivity contribution is 0.134. The zero-order valence-corrected chi connectivity index (χ0v) is 9.21. The van der Waals surface area contributed by atoms with Gasteiger partial charge in [0.1, 0.15) is 5.82 Å². The first-order valence-electron chi connectivity index (χ1n) is 5.63. The molecule has 1 aliphatic rings.